The Hall–Kier alpha value is -2.67. The number of carbonyl (C=O) groups excluding carboxylic acids is 2. The van der Waals surface area contributed by atoms with Crippen molar-refractivity contribution in [1.29, 1.82) is 0 Å². The minimum Gasteiger partial charge on any atom is -0.484 e. The van der Waals surface area contributed by atoms with Gasteiger partial charge in [0, 0.05) is 16.7 Å². The fraction of sp³-hybridized carbons (Fsp3) is 0.286. The molecule has 2 aromatic carbocycles. The molecule has 0 radical (unpaired) electrons. The molecule has 2 aromatic rings. The molecule has 0 heterocycles. The van der Waals surface area contributed by atoms with Crippen LogP contribution in [0.5, 0.6) is 5.75 Å². The summed E-state index contributed by atoms with van der Waals surface area (Å²) in [6.07, 6.45) is 0.897. The third kappa shape index (κ3) is 7.92. The topological polar surface area (TPSA) is 79.8 Å². The largest absolute Gasteiger partial charge is 0.484 e. The second-order valence-corrected chi connectivity index (χ2v) is 7.20. The minimum atomic E-state index is -0.385. The van der Waals surface area contributed by atoms with E-state index in [0.717, 1.165) is 16.5 Å². The lowest BCUT2D eigenvalue weighted by Gasteiger charge is -2.08. The summed E-state index contributed by atoms with van der Waals surface area (Å²) in [5, 5.41) is 6.79. The Labute approximate surface area is 173 Å². The molecule has 148 valence electrons. The minimum absolute atomic E-state index is 0.127. The second kappa shape index (κ2) is 11.2. The summed E-state index contributed by atoms with van der Waals surface area (Å²) in [6.45, 7) is 4.04. The maximum atomic E-state index is 11.9. The highest BCUT2D eigenvalue weighted by molar-refractivity contribution is 9.10. The maximum Gasteiger partial charge on any atom is 0.277 e. The average Bonchev–Trinajstić information content (AvgIpc) is 2.68. The first-order chi connectivity index (χ1) is 13.4. The number of hydrazone groups is 1. The molecule has 6 nitrogen and oxygen atoms in total. The van der Waals surface area contributed by atoms with Crippen molar-refractivity contribution in [2.45, 2.75) is 26.7 Å². The van der Waals surface area contributed by atoms with Crippen LogP contribution in [0.3, 0.4) is 0 Å². The van der Waals surface area contributed by atoms with Crippen LogP contribution < -0.4 is 15.5 Å². The quantitative estimate of drug-likeness (QED) is 0.458. The van der Waals surface area contributed by atoms with Crippen LogP contribution in [0.1, 0.15) is 24.5 Å². The van der Waals surface area contributed by atoms with E-state index in [9.17, 15) is 9.59 Å². The number of benzene rings is 2. The summed E-state index contributed by atoms with van der Waals surface area (Å²) in [6, 6.07) is 15.4. The summed E-state index contributed by atoms with van der Waals surface area (Å²) < 4.78 is 6.41. The van der Waals surface area contributed by atoms with Crippen molar-refractivity contribution in [2.75, 3.05) is 13.2 Å². The number of nitrogens with zero attached hydrogens (tertiary/aromatic N) is 1. The van der Waals surface area contributed by atoms with Crippen LogP contribution in [-0.2, 0) is 16.0 Å². The summed E-state index contributed by atoms with van der Waals surface area (Å²) in [5.41, 5.74) is 5.11. The van der Waals surface area contributed by atoms with E-state index < -0.39 is 0 Å². The Bertz CT molecular complexity index is 838. The van der Waals surface area contributed by atoms with E-state index in [1.807, 2.05) is 49.4 Å². The van der Waals surface area contributed by atoms with Gasteiger partial charge in [0.25, 0.3) is 5.91 Å². The lowest BCUT2D eigenvalue weighted by atomic mass is 10.1. The number of hydrogen-bond acceptors (Lipinski definition) is 4. The first-order valence-electron chi connectivity index (χ1n) is 8.95. The molecular weight excluding hydrogens is 422 g/mol. The Kier molecular flexibility index (Phi) is 8.68. The molecule has 0 saturated heterocycles. The molecule has 0 saturated carbocycles. The second-order valence-electron chi connectivity index (χ2n) is 6.34. The first kappa shape index (κ1) is 21.6. The van der Waals surface area contributed by atoms with Crippen LogP contribution in [0.2, 0.25) is 0 Å². The molecule has 2 N–H and O–H groups in total. The van der Waals surface area contributed by atoms with Gasteiger partial charge in [0.1, 0.15) is 5.75 Å². The van der Waals surface area contributed by atoms with Gasteiger partial charge in [0.05, 0.1) is 6.42 Å². The number of halogens is 1. The van der Waals surface area contributed by atoms with Crippen molar-refractivity contribution in [3.8, 4) is 5.75 Å². The third-order valence-corrected chi connectivity index (χ3v) is 4.76. The fourth-order valence-electron chi connectivity index (χ4n) is 2.37. The molecule has 2 amide bonds. The van der Waals surface area contributed by atoms with Gasteiger partial charge in [-0.2, -0.15) is 5.10 Å². The van der Waals surface area contributed by atoms with Crippen molar-refractivity contribution in [3.05, 3.63) is 64.1 Å². The molecule has 0 spiro atoms. The van der Waals surface area contributed by atoms with Crippen molar-refractivity contribution in [1.82, 2.24) is 10.7 Å². The molecule has 0 fully saturated rings. The van der Waals surface area contributed by atoms with Crippen molar-refractivity contribution >= 4 is 33.5 Å². The number of hydrogen-bond donors (Lipinski definition) is 2. The molecule has 0 unspecified atom stereocenters. The van der Waals surface area contributed by atoms with Gasteiger partial charge in [-0.25, -0.2) is 5.43 Å². The van der Waals surface area contributed by atoms with Crippen molar-refractivity contribution < 1.29 is 14.3 Å². The molecule has 0 aliphatic carbocycles. The summed E-state index contributed by atoms with van der Waals surface area (Å²) in [4.78, 5) is 23.8. The van der Waals surface area contributed by atoms with Gasteiger partial charge in [0.2, 0.25) is 5.91 Å². The Morgan fingerprint density at radius 3 is 2.57 bits per heavy atom. The van der Waals surface area contributed by atoms with Gasteiger partial charge >= 0.3 is 0 Å². The molecule has 7 heteroatoms. The summed E-state index contributed by atoms with van der Waals surface area (Å²) in [7, 11) is 0. The van der Waals surface area contributed by atoms with Crippen molar-refractivity contribution in [3.63, 3.8) is 0 Å². The highest BCUT2D eigenvalue weighted by Gasteiger charge is 2.06. The summed E-state index contributed by atoms with van der Waals surface area (Å²) >= 11 is 3.41. The Morgan fingerprint density at radius 2 is 1.86 bits per heavy atom. The standard InChI is InChI=1S/C21H24BrN3O3/c1-15-12-18(8-9-19(15)22)28-14-21(27)25-24-16(2)13-20(26)23-11-10-17-6-4-3-5-7-17/h3-9,12H,10-11,13-14H2,1-2H3,(H,23,26)(H,25,27). The third-order valence-electron chi connectivity index (χ3n) is 3.87. The van der Waals surface area contributed by atoms with Crippen molar-refractivity contribution in [2.24, 2.45) is 5.10 Å². The number of aryl methyl sites for hydroxylation is 1. The molecule has 0 aliphatic rings. The van der Waals surface area contributed by atoms with Crippen LogP contribution in [0.25, 0.3) is 0 Å². The highest BCUT2D eigenvalue weighted by atomic mass is 79.9. The smallest absolute Gasteiger partial charge is 0.277 e. The van der Waals surface area contributed by atoms with Crippen LogP contribution in [-0.4, -0.2) is 30.7 Å². The molecule has 0 bridgehead atoms. The summed E-state index contributed by atoms with van der Waals surface area (Å²) in [5.74, 6) is 0.0896. The number of nitrogens with one attached hydrogen (secondary N) is 2. The van der Waals surface area contributed by atoms with E-state index in [1.165, 1.54) is 5.56 Å². The average molecular weight is 446 g/mol. The molecular formula is C21H24BrN3O3. The molecule has 0 atom stereocenters. The number of ether oxygens (including phenoxy) is 1. The normalized spacial score (nSPS) is 11.0. The van der Waals surface area contributed by atoms with E-state index in [0.29, 0.717) is 18.0 Å². The van der Waals surface area contributed by atoms with Gasteiger partial charge in [-0.15, -0.1) is 0 Å². The van der Waals surface area contributed by atoms with E-state index >= 15 is 0 Å². The number of carbonyl (C=O) groups is 2. The monoisotopic (exact) mass is 445 g/mol. The fourth-order valence-corrected chi connectivity index (χ4v) is 2.62. The van der Waals surface area contributed by atoms with Gasteiger partial charge < -0.3 is 10.1 Å². The molecule has 2 rings (SSSR count). The zero-order valence-corrected chi connectivity index (χ0v) is 17.6. The zero-order chi connectivity index (χ0) is 20.4. The predicted octanol–water partition coefficient (Wildman–Crippen LogP) is 3.38. The Morgan fingerprint density at radius 1 is 1.11 bits per heavy atom. The molecule has 0 aromatic heterocycles. The van der Waals surface area contributed by atoms with Gasteiger partial charge in [-0.3, -0.25) is 9.59 Å². The number of rotatable bonds is 9. The van der Waals surface area contributed by atoms with Gasteiger partial charge in [0.15, 0.2) is 6.61 Å². The van der Waals surface area contributed by atoms with Crippen LogP contribution in [0, 0.1) is 6.92 Å². The van der Waals surface area contributed by atoms with E-state index in [4.69, 9.17) is 4.74 Å². The first-order valence-corrected chi connectivity index (χ1v) is 9.75. The Balaban J connectivity index is 1.66. The number of amides is 2. The molecule has 0 aliphatic heterocycles. The maximum absolute atomic E-state index is 11.9. The lowest BCUT2D eigenvalue weighted by molar-refractivity contribution is -0.123. The molecule has 28 heavy (non-hydrogen) atoms. The van der Waals surface area contributed by atoms with E-state index in [1.54, 1.807) is 13.0 Å². The van der Waals surface area contributed by atoms with E-state index in [2.05, 4.69) is 31.8 Å². The zero-order valence-electron chi connectivity index (χ0n) is 16.0. The van der Waals surface area contributed by atoms with E-state index in [-0.39, 0.29) is 24.8 Å². The lowest BCUT2D eigenvalue weighted by Crippen LogP contribution is -2.29. The van der Waals surface area contributed by atoms with Crippen LogP contribution in [0.4, 0.5) is 0 Å². The van der Waals surface area contributed by atoms with Crippen LogP contribution >= 0.6 is 15.9 Å². The van der Waals surface area contributed by atoms with Gasteiger partial charge in [-0.1, -0.05) is 46.3 Å². The highest BCUT2D eigenvalue weighted by Crippen LogP contribution is 2.21. The predicted molar refractivity (Wildman–Crippen MR) is 113 cm³/mol. The van der Waals surface area contributed by atoms with Crippen LogP contribution in [0.15, 0.2) is 58.1 Å². The van der Waals surface area contributed by atoms with Gasteiger partial charge in [-0.05, 0) is 49.6 Å². The SMILES string of the molecule is CC(CC(=O)NCCc1ccccc1)=NNC(=O)COc1ccc(Br)c(C)c1.